The van der Waals surface area contributed by atoms with E-state index in [2.05, 4.69) is 4.99 Å². The first-order valence-corrected chi connectivity index (χ1v) is 5.70. The van der Waals surface area contributed by atoms with Crippen molar-refractivity contribution < 1.29 is 14.4 Å². The Bertz CT molecular complexity index is 310. The van der Waals surface area contributed by atoms with Crippen LogP contribution in [0.1, 0.15) is 34.1 Å². The van der Waals surface area contributed by atoms with E-state index in [4.69, 9.17) is 15.5 Å². The first-order chi connectivity index (χ1) is 7.81. The molecular formula is C11H21N3O3. The molecule has 6 heteroatoms. The largest absolute Gasteiger partial charge is 0.442 e. The molecule has 1 saturated heterocycles. The van der Waals surface area contributed by atoms with E-state index >= 15 is 0 Å². The highest BCUT2D eigenvalue weighted by Gasteiger charge is 2.24. The Morgan fingerprint density at radius 2 is 2.12 bits per heavy atom. The van der Waals surface area contributed by atoms with Crippen molar-refractivity contribution in [3.63, 3.8) is 0 Å². The van der Waals surface area contributed by atoms with Gasteiger partial charge in [-0.15, -0.1) is 0 Å². The molecule has 0 aliphatic carbocycles. The fourth-order valence-electron chi connectivity index (χ4n) is 1.62. The van der Waals surface area contributed by atoms with Crippen molar-refractivity contribution in [3.05, 3.63) is 0 Å². The molecule has 1 aliphatic heterocycles. The van der Waals surface area contributed by atoms with Crippen molar-refractivity contribution >= 4 is 11.9 Å². The fourth-order valence-corrected chi connectivity index (χ4v) is 1.62. The third-order valence-corrected chi connectivity index (χ3v) is 2.44. The van der Waals surface area contributed by atoms with E-state index in [9.17, 15) is 4.79 Å². The van der Waals surface area contributed by atoms with Gasteiger partial charge in [-0.2, -0.15) is 4.99 Å². The normalized spacial score (nSPS) is 21.8. The summed E-state index contributed by atoms with van der Waals surface area (Å²) in [5, 5.41) is 0. The van der Waals surface area contributed by atoms with Crippen LogP contribution in [-0.2, 0) is 9.57 Å². The molecular weight excluding hydrogens is 222 g/mol. The van der Waals surface area contributed by atoms with Crippen molar-refractivity contribution in [2.24, 2.45) is 10.9 Å². The van der Waals surface area contributed by atoms with Gasteiger partial charge in [0, 0.05) is 13.1 Å². The van der Waals surface area contributed by atoms with Crippen molar-refractivity contribution in [1.29, 1.82) is 0 Å². The topological polar surface area (TPSA) is 77.1 Å². The molecule has 0 radical (unpaired) electrons. The predicted molar refractivity (Wildman–Crippen MR) is 64.6 cm³/mol. The van der Waals surface area contributed by atoms with Gasteiger partial charge in [0.15, 0.2) is 0 Å². The number of nitrogens with zero attached hydrogens (tertiary/aromatic N) is 2. The molecule has 0 saturated carbocycles. The van der Waals surface area contributed by atoms with Gasteiger partial charge in [0.2, 0.25) is 0 Å². The van der Waals surface area contributed by atoms with Crippen LogP contribution in [0.5, 0.6) is 0 Å². The van der Waals surface area contributed by atoms with Gasteiger partial charge in [-0.1, -0.05) is 0 Å². The first-order valence-electron chi connectivity index (χ1n) is 5.70. The number of carbonyl (C=O) groups excluding carboxylic acids is 1. The van der Waals surface area contributed by atoms with Crippen LogP contribution in [-0.4, -0.2) is 41.6 Å². The first kappa shape index (κ1) is 13.9. The van der Waals surface area contributed by atoms with Crippen LogP contribution in [0.4, 0.5) is 4.79 Å². The molecule has 1 aliphatic rings. The van der Waals surface area contributed by atoms with Crippen LogP contribution >= 0.6 is 0 Å². The Balaban J connectivity index is 2.52. The molecule has 2 N–H and O–H groups in total. The third kappa shape index (κ3) is 4.70. The molecule has 0 unspecified atom stereocenters. The molecule has 1 heterocycles. The van der Waals surface area contributed by atoms with Crippen LogP contribution in [0.2, 0.25) is 0 Å². The SMILES string of the molecule is C/C(=N\C(=O)OC(C)(C)C)N1CC[C@H](ON)C1. The molecule has 1 rings (SSSR count). The van der Waals surface area contributed by atoms with Gasteiger partial charge in [0.05, 0.1) is 6.10 Å². The third-order valence-electron chi connectivity index (χ3n) is 2.44. The summed E-state index contributed by atoms with van der Waals surface area (Å²) < 4.78 is 5.11. The van der Waals surface area contributed by atoms with Crippen molar-refractivity contribution in [2.75, 3.05) is 13.1 Å². The number of amides is 1. The lowest BCUT2D eigenvalue weighted by Gasteiger charge is -2.20. The zero-order valence-corrected chi connectivity index (χ0v) is 10.9. The van der Waals surface area contributed by atoms with Crippen molar-refractivity contribution in [1.82, 2.24) is 4.90 Å². The minimum Gasteiger partial charge on any atom is -0.442 e. The van der Waals surface area contributed by atoms with E-state index < -0.39 is 11.7 Å². The van der Waals surface area contributed by atoms with Crippen LogP contribution in [0, 0.1) is 0 Å². The number of ether oxygens (including phenoxy) is 1. The maximum atomic E-state index is 11.5. The van der Waals surface area contributed by atoms with E-state index in [0.717, 1.165) is 13.0 Å². The Morgan fingerprint density at radius 3 is 2.59 bits per heavy atom. The highest BCUT2D eigenvalue weighted by molar-refractivity contribution is 5.90. The predicted octanol–water partition coefficient (Wildman–Crippen LogP) is 1.30. The maximum absolute atomic E-state index is 11.5. The summed E-state index contributed by atoms with van der Waals surface area (Å²) in [6.07, 6.45) is 0.295. The Morgan fingerprint density at radius 1 is 1.47 bits per heavy atom. The number of nitrogens with two attached hydrogens (primary N) is 1. The molecule has 1 amide bonds. The molecule has 1 atom stereocenters. The Kier molecular flexibility index (Phi) is 4.47. The average Bonchev–Trinajstić information content (AvgIpc) is 2.62. The molecule has 6 nitrogen and oxygen atoms in total. The summed E-state index contributed by atoms with van der Waals surface area (Å²) in [5.41, 5.74) is -0.519. The Hall–Kier alpha value is -1.14. The summed E-state index contributed by atoms with van der Waals surface area (Å²) in [6, 6.07) is 0. The zero-order valence-electron chi connectivity index (χ0n) is 10.9. The van der Waals surface area contributed by atoms with Gasteiger partial charge in [-0.3, -0.25) is 4.84 Å². The highest BCUT2D eigenvalue weighted by Crippen LogP contribution is 2.13. The second-order valence-electron chi connectivity index (χ2n) is 5.13. The number of hydrogen-bond acceptors (Lipinski definition) is 4. The van der Waals surface area contributed by atoms with Crippen LogP contribution in [0.15, 0.2) is 4.99 Å². The summed E-state index contributed by atoms with van der Waals surface area (Å²) >= 11 is 0. The lowest BCUT2D eigenvalue weighted by Crippen LogP contribution is -2.30. The van der Waals surface area contributed by atoms with Gasteiger partial charge in [0.1, 0.15) is 11.4 Å². The van der Waals surface area contributed by atoms with Crippen molar-refractivity contribution in [2.45, 2.75) is 45.8 Å². The van der Waals surface area contributed by atoms with Crippen molar-refractivity contribution in [3.8, 4) is 0 Å². The molecule has 1 fully saturated rings. The highest BCUT2D eigenvalue weighted by atomic mass is 16.6. The summed E-state index contributed by atoms with van der Waals surface area (Å²) in [6.45, 7) is 8.66. The smallest absolute Gasteiger partial charge is 0.435 e. The van der Waals surface area contributed by atoms with Gasteiger partial charge in [-0.25, -0.2) is 10.7 Å². The molecule has 0 aromatic heterocycles. The fraction of sp³-hybridized carbons (Fsp3) is 0.818. The zero-order chi connectivity index (χ0) is 13.1. The van der Waals surface area contributed by atoms with Gasteiger partial charge < -0.3 is 9.64 Å². The van der Waals surface area contributed by atoms with E-state index in [0.29, 0.717) is 12.4 Å². The molecule has 0 aromatic rings. The monoisotopic (exact) mass is 243 g/mol. The van der Waals surface area contributed by atoms with E-state index in [-0.39, 0.29) is 6.10 Å². The van der Waals surface area contributed by atoms with Gasteiger partial charge in [0.25, 0.3) is 0 Å². The summed E-state index contributed by atoms with van der Waals surface area (Å²) in [4.78, 5) is 22.1. The summed E-state index contributed by atoms with van der Waals surface area (Å²) in [7, 11) is 0. The van der Waals surface area contributed by atoms with Gasteiger partial charge in [-0.05, 0) is 34.1 Å². The summed E-state index contributed by atoms with van der Waals surface area (Å²) in [5.74, 6) is 5.76. The minimum absolute atomic E-state index is 0.0128. The standard InChI is InChI=1S/C11H21N3O3/c1-8(13-10(15)16-11(2,3)4)14-6-5-9(7-14)17-12/h9H,5-7,12H2,1-4H3/b13-8+/t9-/m0/s1. The van der Waals surface area contributed by atoms with E-state index in [1.54, 1.807) is 6.92 Å². The molecule has 0 bridgehead atoms. The number of carbonyl (C=O) groups is 1. The molecule has 17 heavy (non-hydrogen) atoms. The molecule has 0 spiro atoms. The van der Waals surface area contributed by atoms with E-state index in [1.807, 2.05) is 25.7 Å². The molecule has 98 valence electrons. The van der Waals surface area contributed by atoms with Crippen LogP contribution in [0.25, 0.3) is 0 Å². The maximum Gasteiger partial charge on any atom is 0.435 e. The number of amidine groups is 1. The lowest BCUT2D eigenvalue weighted by atomic mass is 10.2. The Labute approximate surface area is 102 Å². The van der Waals surface area contributed by atoms with Gasteiger partial charge >= 0.3 is 6.09 Å². The number of hydrogen-bond donors (Lipinski definition) is 1. The second-order valence-corrected chi connectivity index (χ2v) is 5.13. The number of rotatable bonds is 1. The molecule has 0 aromatic carbocycles. The quantitative estimate of drug-likeness (QED) is 0.427. The number of aliphatic imine (C=N–C) groups is 1. The average molecular weight is 243 g/mol. The lowest BCUT2D eigenvalue weighted by molar-refractivity contribution is 0.0593. The van der Waals surface area contributed by atoms with Crippen LogP contribution < -0.4 is 5.90 Å². The minimum atomic E-state index is -0.563. The number of likely N-dealkylation sites (tertiary alicyclic amines) is 1. The van der Waals surface area contributed by atoms with E-state index in [1.165, 1.54) is 0 Å². The van der Waals surface area contributed by atoms with Crippen LogP contribution in [0.3, 0.4) is 0 Å². The second kappa shape index (κ2) is 5.46.